The molecule has 1 heteroatoms. The Morgan fingerprint density at radius 3 is 2.12 bits per heavy atom. The van der Waals surface area contributed by atoms with E-state index >= 15 is 0 Å². The molecule has 1 aliphatic rings. The van der Waals surface area contributed by atoms with Gasteiger partial charge < -0.3 is 0 Å². The Labute approximate surface area is 51.2 Å². The first-order valence-electron chi connectivity index (χ1n) is 3.17. The molecule has 0 aromatic rings. The van der Waals surface area contributed by atoms with Crippen LogP contribution >= 0.6 is 0 Å². The second kappa shape index (κ2) is 1.59. The van der Waals surface area contributed by atoms with Gasteiger partial charge in [0.05, 0.1) is 7.05 Å². The van der Waals surface area contributed by atoms with Gasteiger partial charge in [-0.25, -0.2) is 0 Å². The predicted molar refractivity (Wildman–Crippen MR) is 35.3 cm³/mol. The molecule has 0 spiro atoms. The SMILES string of the molecule is CC=C(C)[N+]1(C)CC1. The van der Waals surface area contributed by atoms with Gasteiger partial charge in [-0.15, -0.1) is 0 Å². The van der Waals surface area contributed by atoms with E-state index in [9.17, 15) is 0 Å². The molecule has 0 aromatic heterocycles. The first-order valence-corrected chi connectivity index (χ1v) is 3.17. The van der Waals surface area contributed by atoms with E-state index in [2.05, 4.69) is 27.0 Å². The van der Waals surface area contributed by atoms with E-state index < -0.39 is 0 Å². The fourth-order valence-corrected chi connectivity index (χ4v) is 0.814. The van der Waals surface area contributed by atoms with E-state index in [1.54, 1.807) is 0 Å². The molecule has 0 atom stereocenters. The molecule has 1 heterocycles. The van der Waals surface area contributed by atoms with Gasteiger partial charge in [0.15, 0.2) is 0 Å². The molecule has 0 aromatic carbocycles. The van der Waals surface area contributed by atoms with Crippen molar-refractivity contribution in [3.8, 4) is 0 Å². The third-order valence-corrected chi connectivity index (χ3v) is 2.16. The maximum Gasteiger partial charge on any atom is 0.133 e. The van der Waals surface area contributed by atoms with Crippen molar-refractivity contribution in [1.82, 2.24) is 0 Å². The molecule has 0 unspecified atom stereocenters. The second-order valence-corrected chi connectivity index (χ2v) is 2.77. The zero-order valence-electron chi connectivity index (χ0n) is 5.94. The standard InChI is InChI=1S/C7H14N/c1-4-7(2)8(3)5-6-8/h4H,5-6H2,1-3H3/q+1. The molecule has 1 saturated heterocycles. The topological polar surface area (TPSA) is 0 Å². The smallest absolute Gasteiger partial charge is 0.133 e. The van der Waals surface area contributed by atoms with Crippen LogP contribution in [0.5, 0.6) is 0 Å². The van der Waals surface area contributed by atoms with Crippen molar-refractivity contribution < 1.29 is 4.48 Å². The van der Waals surface area contributed by atoms with Gasteiger partial charge in [-0.05, 0) is 13.0 Å². The summed E-state index contributed by atoms with van der Waals surface area (Å²) in [5.41, 5.74) is 1.50. The van der Waals surface area contributed by atoms with Crippen LogP contribution < -0.4 is 0 Å². The highest BCUT2D eigenvalue weighted by molar-refractivity contribution is 4.88. The molecule has 0 saturated carbocycles. The minimum atomic E-state index is 1.19. The number of rotatable bonds is 1. The van der Waals surface area contributed by atoms with Crippen LogP contribution in [-0.4, -0.2) is 24.6 Å². The molecule has 0 N–H and O–H groups in total. The zero-order chi connectivity index (χ0) is 6.20. The highest BCUT2D eigenvalue weighted by atomic mass is 15.5. The van der Waals surface area contributed by atoms with Gasteiger partial charge in [0.1, 0.15) is 18.8 Å². The zero-order valence-corrected chi connectivity index (χ0v) is 5.94. The highest BCUT2D eigenvalue weighted by Gasteiger charge is 2.38. The predicted octanol–water partition coefficient (Wildman–Crippen LogP) is 1.37. The summed E-state index contributed by atoms with van der Waals surface area (Å²) in [4.78, 5) is 0. The van der Waals surface area contributed by atoms with Gasteiger partial charge in [-0.2, -0.15) is 0 Å². The van der Waals surface area contributed by atoms with Crippen LogP contribution in [0.25, 0.3) is 0 Å². The molecule has 0 radical (unpaired) electrons. The lowest BCUT2D eigenvalue weighted by molar-refractivity contribution is -0.734. The highest BCUT2D eigenvalue weighted by Crippen LogP contribution is 2.24. The average molecular weight is 112 g/mol. The van der Waals surface area contributed by atoms with Crippen molar-refractivity contribution in [3.05, 3.63) is 11.8 Å². The Bertz CT molecular complexity index is 120. The molecule has 0 aliphatic carbocycles. The van der Waals surface area contributed by atoms with Crippen LogP contribution in [0.15, 0.2) is 11.8 Å². The number of quaternary nitrogens is 1. The van der Waals surface area contributed by atoms with Crippen LogP contribution in [-0.2, 0) is 0 Å². The van der Waals surface area contributed by atoms with Gasteiger partial charge in [0, 0.05) is 6.92 Å². The fraction of sp³-hybridized carbons (Fsp3) is 0.714. The molecule has 0 amide bonds. The lowest BCUT2D eigenvalue weighted by atomic mass is 10.4. The monoisotopic (exact) mass is 112 g/mol. The lowest BCUT2D eigenvalue weighted by Gasteiger charge is -2.09. The summed E-state index contributed by atoms with van der Waals surface area (Å²) in [6.45, 7) is 7.00. The summed E-state index contributed by atoms with van der Waals surface area (Å²) in [6.07, 6.45) is 2.20. The van der Waals surface area contributed by atoms with Crippen molar-refractivity contribution >= 4 is 0 Å². The maximum atomic E-state index is 2.27. The Kier molecular flexibility index (Phi) is 1.16. The molecule has 1 nitrogen and oxygen atoms in total. The summed E-state index contributed by atoms with van der Waals surface area (Å²) in [5.74, 6) is 0. The third kappa shape index (κ3) is 0.781. The minimum absolute atomic E-state index is 1.19. The third-order valence-electron chi connectivity index (χ3n) is 2.16. The Hall–Kier alpha value is -0.300. The molecule has 0 bridgehead atoms. The average Bonchev–Trinajstić information content (AvgIpc) is 2.47. The molecule has 46 valence electrons. The van der Waals surface area contributed by atoms with Gasteiger partial charge in [0.2, 0.25) is 0 Å². The number of nitrogens with zero attached hydrogens (tertiary/aromatic N) is 1. The number of likely N-dealkylation sites (N-methyl/N-ethyl adjacent to an activating group) is 1. The van der Waals surface area contributed by atoms with Crippen molar-refractivity contribution in [3.63, 3.8) is 0 Å². The van der Waals surface area contributed by atoms with Crippen molar-refractivity contribution in [2.75, 3.05) is 20.1 Å². The normalized spacial score (nSPS) is 25.6. The van der Waals surface area contributed by atoms with Gasteiger partial charge in [-0.1, -0.05) is 0 Å². The van der Waals surface area contributed by atoms with Crippen molar-refractivity contribution in [1.29, 1.82) is 0 Å². The van der Waals surface area contributed by atoms with E-state index in [4.69, 9.17) is 0 Å². The van der Waals surface area contributed by atoms with Gasteiger partial charge >= 0.3 is 0 Å². The van der Waals surface area contributed by atoms with E-state index in [-0.39, 0.29) is 0 Å². The van der Waals surface area contributed by atoms with Crippen LogP contribution in [0, 0.1) is 0 Å². The molecule has 8 heavy (non-hydrogen) atoms. The summed E-state index contributed by atoms with van der Waals surface area (Å²) in [7, 11) is 2.27. The molecular formula is C7H14N+. The maximum absolute atomic E-state index is 2.27. The van der Waals surface area contributed by atoms with Crippen molar-refractivity contribution in [2.45, 2.75) is 13.8 Å². The Balaban J connectivity index is 2.59. The minimum Gasteiger partial charge on any atom is -0.288 e. The molecule has 1 rings (SSSR count). The largest absolute Gasteiger partial charge is 0.288 e. The van der Waals surface area contributed by atoms with Crippen molar-refractivity contribution in [2.24, 2.45) is 0 Å². The van der Waals surface area contributed by atoms with Crippen LogP contribution in [0.1, 0.15) is 13.8 Å². The first kappa shape index (κ1) is 5.83. The van der Waals surface area contributed by atoms with E-state index in [1.807, 2.05) is 0 Å². The number of hydrogen-bond acceptors (Lipinski definition) is 0. The van der Waals surface area contributed by atoms with Gasteiger partial charge in [0.25, 0.3) is 0 Å². The fourth-order valence-electron chi connectivity index (χ4n) is 0.814. The Morgan fingerprint density at radius 1 is 1.50 bits per heavy atom. The van der Waals surface area contributed by atoms with Gasteiger partial charge in [-0.3, -0.25) is 4.48 Å². The number of allylic oxidation sites excluding steroid dienone is 2. The summed E-state index contributed by atoms with van der Waals surface area (Å²) in [5, 5.41) is 0. The molecule has 1 fully saturated rings. The van der Waals surface area contributed by atoms with Crippen LogP contribution in [0.3, 0.4) is 0 Å². The summed E-state index contributed by atoms with van der Waals surface area (Å²) in [6, 6.07) is 0. The quantitative estimate of drug-likeness (QED) is 0.355. The van der Waals surface area contributed by atoms with Crippen LogP contribution in [0.2, 0.25) is 0 Å². The molecular weight excluding hydrogens is 98.1 g/mol. The van der Waals surface area contributed by atoms with E-state index in [1.165, 1.54) is 23.3 Å². The molecule has 1 aliphatic heterocycles. The second-order valence-electron chi connectivity index (χ2n) is 2.77. The summed E-state index contributed by atoms with van der Waals surface area (Å²) < 4.78 is 1.19. The Morgan fingerprint density at radius 2 is 2.00 bits per heavy atom. The summed E-state index contributed by atoms with van der Waals surface area (Å²) >= 11 is 0. The van der Waals surface area contributed by atoms with E-state index in [0.29, 0.717) is 0 Å². The van der Waals surface area contributed by atoms with Crippen LogP contribution in [0.4, 0.5) is 0 Å². The van der Waals surface area contributed by atoms with E-state index in [0.717, 1.165) is 0 Å². The first-order chi connectivity index (χ1) is 3.69. The number of hydrogen-bond donors (Lipinski definition) is 0. The lowest BCUT2D eigenvalue weighted by Crippen LogP contribution is -2.15.